The zero-order valence-electron chi connectivity index (χ0n) is 13.2. The summed E-state index contributed by atoms with van der Waals surface area (Å²) in [4.78, 5) is 16.8. The molecular weight excluding hydrogens is 250 g/mol. The Kier molecular flexibility index (Phi) is 6.30. The summed E-state index contributed by atoms with van der Waals surface area (Å²) < 4.78 is 0. The van der Waals surface area contributed by atoms with E-state index in [4.69, 9.17) is 0 Å². The van der Waals surface area contributed by atoms with E-state index in [1.165, 1.54) is 32.1 Å². The number of carbonyl (C=O) groups is 1. The fourth-order valence-electron chi connectivity index (χ4n) is 3.63. The largest absolute Gasteiger partial charge is 0.342 e. The van der Waals surface area contributed by atoms with Gasteiger partial charge in [0.2, 0.25) is 5.91 Å². The first-order chi connectivity index (χ1) is 9.74. The van der Waals surface area contributed by atoms with Crippen molar-refractivity contribution in [3.8, 4) is 0 Å². The normalized spacial score (nSPS) is 28.6. The van der Waals surface area contributed by atoms with Crippen molar-refractivity contribution in [2.45, 2.75) is 52.0 Å². The molecule has 4 heteroatoms. The van der Waals surface area contributed by atoms with E-state index in [2.05, 4.69) is 29.0 Å². The maximum absolute atomic E-state index is 12.3. The minimum Gasteiger partial charge on any atom is -0.342 e. The smallest absolute Gasteiger partial charge is 0.236 e. The van der Waals surface area contributed by atoms with Crippen molar-refractivity contribution in [3.05, 3.63) is 0 Å². The van der Waals surface area contributed by atoms with Crippen LogP contribution in [0.5, 0.6) is 0 Å². The molecule has 20 heavy (non-hydrogen) atoms. The second-order valence-corrected chi connectivity index (χ2v) is 6.30. The molecule has 2 atom stereocenters. The van der Waals surface area contributed by atoms with Crippen LogP contribution in [0.3, 0.4) is 0 Å². The Bertz CT molecular complexity index is 302. The first-order valence-corrected chi connectivity index (χ1v) is 8.48. The van der Waals surface area contributed by atoms with Crippen molar-refractivity contribution in [1.82, 2.24) is 15.1 Å². The molecule has 4 nitrogen and oxygen atoms in total. The molecule has 2 fully saturated rings. The highest BCUT2D eigenvalue weighted by Gasteiger charge is 2.29. The lowest BCUT2D eigenvalue weighted by Gasteiger charge is -2.39. The molecule has 2 heterocycles. The number of piperidine rings is 2. The average Bonchev–Trinajstić information content (AvgIpc) is 2.50. The van der Waals surface area contributed by atoms with Crippen LogP contribution in [-0.4, -0.2) is 61.0 Å². The molecule has 2 saturated heterocycles. The first kappa shape index (κ1) is 15.8. The summed E-state index contributed by atoms with van der Waals surface area (Å²) >= 11 is 0. The summed E-state index contributed by atoms with van der Waals surface area (Å²) in [7, 11) is 0. The Labute approximate surface area is 123 Å². The Morgan fingerprint density at radius 2 is 1.90 bits per heavy atom. The number of amides is 1. The van der Waals surface area contributed by atoms with Crippen LogP contribution in [0.15, 0.2) is 0 Å². The molecule has 2 aliphatic heterocycles. The third-order valence-electron chi connectivity index (χ3n) is 4.88. The van der Waals surface area contributed by atoms with Gasteiger partial charge in [0.15, 0.2) is 0 Å². The zero-order chi connectivity index (χ0) is 14.4. The van der Waals surface area contributed by atoms with Gasteiger partial charge in [0, 0.05) is 32.2 Å². The highest BCUT2D eigenvalue weighted by atomic mass is 16.2. The maximum Gasteiger partial charge on any atom is 0.236 e. The molecule has 0 aromatic heterocycles. The highest BCUT2D eigenvalue weighted by Crippen LogP contribution is 2.20. The zero-order valence-corrected chi connectivity index (χ0v) is 13.2. The molecule has 116 valence electrons. The van der Waals surface area contributed by atoms with Crippen LogP contribution < -0.4 is 5.32 Å². The van der Waals surface area contributed by atoms with Crippen molar-refractivity contribution in [2.75, 3.05) is 39.3 Å². The number of carbonyl (C=O) groups excluding carboxylic acids is 1. The van der Waals surface area contributed by atoms with Gasteiger partial charge >= 0.3 is 0 Å². The van der Waals surface area contributed by atoms with E-state index in [1.807, 2.05) is 0 Å². The molecular formula is C16H31N3O. The standard InChI is InChI=1S/C16H31N3O/c1-3-14-12-18(11-8-15(14)17-4-2)13-16(20)19-9-6-5-7-10-19/h14-15,17H,3-13H2,1-2H3. The van der Waals surface area contributed by atoms with Crippen LogP contribution in [0.2, 0.25) is 0 Å². The molecule has 0 aromatic rings. The number of nitrogens with one attached hydrogen (secondary N) is 1. The van der Waals surface area contributed by atoms with Crippen molar-refractivity contribution in [1.29, 1.82) is 0 Å². The van der Waals surface area contributed by atoms with Gasteiger partial charge in [0.25, 0.3) is 0 Å². The highest BCUT2D eigenvalue weighted by molar-refractivity contribution is 5.78. The van der Waals surface area contributed by atoms with Gasteiger partial charge in [-0.2, -0.15) is 0 Å². The fraction of sp³-hybridized carbons (Fsp3) is 0.938. The molecule has 2 aliphatic rings. The van der Waals surface area contributed by atoms with Gasteiger partial charge in [0.1, 0.15) is 0 Å². The van der Waals surface area contributed by atoms with E-state index in [0.29, 0.717) is 24.4 Å². The second kappa shape index (κ2) is 7.99. The molecule has 0 saturated carbocycles. The summed E-state index contributed by atoms with van der Waals surface area (Å²) in [6, 6.07) is 0.645. The van der Waals surface area contributed by atoms with Crippen molar-refractivity contribution in [2.24, 2.45) is 5.92 Å². The maximum atomic E-state index is 12.3. The minimum absolute atomic E-state index is 0.349. The van der Waals surface area contributed by atoms with Gasteiger partial charge in [-0.1, -0.05) is 20.3 Å². The molecule has 0 bridgehead atoms. The van der Waals surface area contributed by atoms with Crippen molar-refractivity contribution < 1.29 is 4.79 Å². The summed E-state index contributed by atoms with van der Waals surface area (Å²) in [5.74, 6) is 1.04. The lowest BCUT2D eigenvalue weighted by Crippen LogP contribution is -2.52. The molecule has 2 unspecified atom stereocenters. The predicted octanol–water partition coefficient (Wildman–Crippen LogP) is 1.71. The Morgan fingerprint density at radius 3 is 2.55 bits per heavy atom. The van der Waals surface area contributed by atoms with E-state index in [0.717, 1.165) is 32.7 Å². The summed E-state index contributed by atoms with van der Waals surface area (Å²) in [6.07, 6.45) is 6.04. The summed E-state index contributed by atoms with van der Waals surface area (Å²) in [5, 5.41) is 3.60. The van der Waals surface area contributed by atoms with E-state index >= 15 is 0 Å². The fourth-order valence-corrected chi connectivity index (χ4v) is 3.63. The van der Waals surface area contributed by atoms with Crippen molar-refractivity contribution >= 4 is 5.91 Å². The Balaban J connectivity index is 1.80. The number of hydrogen-bond acceptors (Lipinski definition) is 3. The molecule has 1 amide bonds. The van der Waals surface area contributed by atoms with Crippen LogP contribution >= 0.6 is 0 Å². The van der Waals surface area contributed by atoms with E-state index in [9.17, 15) is 4.79 Å². The average molecular weight is 281 g/mol. The summed E-state index contributed by atoms with van der Waals surface area (Å²) in [6.45, 7) is 10.2. The molecule has 2 rings (SSSR count). The number of nitrogens with zero attached hydrogens (tertiary/aromatic N) is 2. The lowest BCUT2D eigenvalue weighted by atomic mass is 9.90. The predicted molar refractivity (Wildman–Crippen MR) is 82.7 cm³/mol. The number of hydrogen-bond donors (Lipinski definition) is 1. The van der Waals surface area contributed by atoms with Crippen LogP contribution in [0.25, 0.3) is 0 Å². The lowest BCUT2D eigenvalue weighted by molar-refractivity contribution is -0.133. The van der Waals surface area contributed by atoms with Gasteiger partial charge in [-0.15, -0.1) is 0 Å². The van der Waals surface area contributed by atoms with E-state index in [1.54, 1.807) is 0 Å². The second-order valence-electron chi connectivity index (χ2n) is 6.30. The van der Waals surface area contributed by atoms with Gasteiger partial charge in [0.05, 0.1) is 6.54 Å². The topological polar surface area (TPSA) is 35.6 Å². The molecule has 0 radical (unpaired) electrons. The van der Waals surface area contributed by atoms with Crippen molar-refractivity contribution in [3.63, 3.8) is 0 Å². The molecule has 0 spiro atoms. The number of rotatable bonds is 5. The van der Waals surface area contributed by atoms with Gasteiger partial charge in [-0.3, -0.25) is 9.69 Å². The minimum atomic E-state index is 0.349. The van der Waals surface area contributed by atoms with Gasteiger partial charge in [-0.25, -0.2) is 0 Å². The molecule has 0 aliphatic carbocycles. The molecule has 1 N–H and O–H groups in total. The van der Waals surface area contributed by atoms with Crippen LogP contribution in [0.1, 0.15) is 46.0 Å². The molecule has 0 aromatic carbocycles. The van der Waals surface area contributed by atoms with Crippen LogP contribution in [-0.2, 0) is 4.79 Å². The van der Waals surface area contributed by atoms with E-state index < -0.39 is 0 Å². The third-order valence-corrected chi connectivity index (χ3v) is 4.88. The van der Waals surface area contributed by atoms with E-state index in [-0.39, 0.29) is 0 Å². The Hall–Kier alpha value is -0.610. The number of likely N-dealkylation sites (tertiary alicyclic amines) is 2. The Morgan fingerprint density at radius 1 is 1.15 bits per heavy atom. The van der Waals surface area contributed by atoms with Crippen LogP contribution in [0.4, 0.5) is 0 Å². The van der Waals surface area contributed by atoms with Gasteiger partial charge in [-0.05, 0) is 38.1 Å². The monoisotopic (exact) mass is 281 g/mol. The van der Waals surface area contributed by atoms with Crippen LogP contribution in [0, 0.1) is 5.92 Å². The quantitative estimate of drug-likeness (QED) is 0.833. The SMILES string of the molecule is CCNC1CCN(CC(=O)N2CCCCC2)CC1CC. The third kappa shape index (κ3) is 4.19. The van der Waals surface area contributed by atoms with Gasteiger partial charge < -0.3 is 10.2 Å². The summed E-state index contributed by atoms with van der Waals surface area (Å²) in [5.41, 5.74) is 0. The first-order valence-electron chi connectivity index (χ1n) is 8.48.